The molecule has 1 amide bonds. The van der Waals surface area contributed by atoms with Gasteiger partial charge in [-0.2, -0.15) is 0 Å². The van der Waals surface area contributed by atoms with E-state index in [9.17, 15) is 4.79 Å². The van der Waals surface area contributed by atoms with E-state index in [4.69, 9.17) is 15.2 Å². The third-order valence-corrected chi connectivity index (χ3v) is 4.79. The van der Waals surface area contributed by atoms with Crippen LogP contribution in [-0.2, 0) is 4.79 Å². The summed E-state index contributed by atoms with van der Waals surface area (Å²) in [6.07, 6.45) is 5.25. The van der Waals surface area contributed by atoms with Gasteiger partial charge in [-0.15, -0.1) is 0 Å². The van der Waals surface area contributed by atoms with E-state index in [-0.39, 0.29) is 0 Å². The molecule has 3 aromatic carbocycles. The number of amides is 1. The Kier molecular flexibility index (Phi) is 7.28. The molecule has 0 spiro atoms. The summed E-state index contributed by atoms with van der Waals surface area (Å²) >= 11 is 0. The van der Waals surface area contributed by atoms with Crippen LogP contribution >= 0.6 is 0 Å². The Labute approximate surface area is 178 Å². The van der Waals surface area contributed by atoms with Crippen LogP contribution in [0.15, 0.2) is 72.8 Å². The van der Waals surface area contributed by atoms with E-state index in [1.807, 2.05) is 54.6 Å². The standard InChI is InChI=1S/C26H27NO3/c1-3-4-15-30-24-10-6-8-21(18-24)25-13-11-20(16-22(25)12-14-26(27)28)19-7-5-9-23(17-19)29-2/h5-14,16-18H,3-4,15H2,1-2H3,(H2,27,28)/b14-12+. The third kappa shape index (κ3) is 5.51. The average Bonchev–Trinajstić information content (AvgIpc) is 2.78. The molecule has 154 valence electrons. The highest BCUT2D eigenvalue weighted by Crippen LogP contribution is 2.32. The maximum absolute atomic E-state index is 11.4. The minimum atomic E-state index is -0.482. The molecule has 0 aromatic heterocycles. The van der Waals surface area contributed by atoms with Crippen LogP contribution in [-0.4, -0.2) is 19.6 Å². The zero-order valence-electron chi connectivity index (χ0n) is 17.4. The van der Waals surface area contributed by atoms with Crippen molar-refractivity contribution in [1.29, 1.82) is 0 Å². The molecule has 0 atom stereocenters. The van der Waals surface area contributed by atoms with Crippen molar-refractivity contribution in [2.45, 2.75) is 19.8 Å². The van der Waals surface area contributed by atoms with Gasteiger partial charge in [0.1, 0.15) is 11.5 Å². The molecule has 0 fully saturated rings. The number of primary amides is 1. The number of hydrogen-bond acceptors (Lipinski definition) is 3. The maximum atomic E-state index is 11.4. The number of benzene rings is 3. The van der Waals surface area contributed by atoms with Crippen molar-refractivity contribution >= 4 is 12.0 Å². The molecule has 30 heavy (non-hydrogen) atoms. The first kappa shape index (κ1) is 21.2. The van der Waals surface area contributed by atoms with Gasteiger partial charge in [-0.05, 0) is 70.6 Å². The second kappa shape index (κ2) is 10.3. The number of carbonyl (C=O) groups is 1. The van der Waals surface area contributed by atoms with Crippen LogP contribution in [0, 0.1) is 0 Å². The van der Waals surface area contributed by atoms with Gasteiger partial charge in [0.2, 0.25) is 5.91 Å². The van der Waals surface area contributed by atoms with Crippen molar-refractivity contribution in [1.82, 2.24) is 0 Å². The summed E-state index contributed by atoms with van der Waals surface area (Å²) in [6, 6.07) is 22.1. The van der Waals surface area contributed by atoms with Gasteiger partial charge >= 0.3 is 0 Å². The lowest BCUT2D eigenvalue weighted by Crippen LogP contribution is -2.05. The number of ether oxygens (including phenoxy) is 2. The van der Waals surface area contributed by atoms with E-state index in [0.717, 1.165) is 52.2 Å². The summed E-state index contributed by atoms with van der Waals surface area (Å²) in [6.45, 7) is 2.84. The largest absolute Gasteiger partial charge is 0.497 e. The summed E-state index contributed by atoms with van der Waals surface area (Å²) in [5, 5.41) is 0. The Bertz CT molecular complexity index is 1040. The molecule has 0 aliphatic rings. The maximum Gasteiger partial charge on any atom is 0.241 e. The first-order chi connectivity index (χ1) is 14.6. The number of rotatable bonds is 9. The van der Waals surface area contributed by atoms with Crippen molar-refractivity contribution in [2.75, 3.05) is 13.7 Å². The molecule has 0 radical (unpaired) electrons. The number of nitrogens with two attached hydrogens (primary N) is 1. The van der Waals surface area contributed by atoms with Gasteiger partial charge in [0.15, 0.2) is 0 Å². The van der Waals surface area contributed by atoms with Gasteiger partial charge < -0.3 is 15.2 Å². The quantitative estimate of drug-likeness (QED) is 0.369. The number of methoxy groups -OCH3 is 1. The van der Waals surface area contributed by atoms with E-state index in [0.29, 0.717) is 6.61 Å². The fraction of sp³-hybridized carbons (Fsp3) is 0.192. The predicted octanol–water partition coefficient (Wildman–Crippen LogP) is 5.71. The van der Waals surface area contributed by atoms with E-state index < -0.39 is 5.91 Å². The minimum Gasteiger partial charge on any atom is -0.497 e. The first-order valence-electron chi connectivity index (χ1n) is 10.1. The molecule has 0 aliphatic heterocycles. The second-order valence-corrected chi connectivity index (χ2v) is 7.00. The van der Waals surface area contributed by atoms with Gasteiger partial charge in [-0.3, -0.25) is 4.79 Å². The van der Waals surface area contributed by atoms with Crippen molar-refractivity contribution in [3.63, 3.8) is 0 Å². The average molecular weight is 402 g/mol. The molecule has 0 bridgehead atoms. The zero-order chi connectivity index (χ0) is 21.3. The van der Waals surface area contributed by atoms with Gasteiger partial charge in [0.05, 0.1) is 13.7 Å². The van der Waals surface area contributed by atoms with Gasteiger partial charge in [-0.25, -0.2) is 0 Å². The Hall–Kier alpha value is -3.53. The summed E-state index contributed by atoms with van der Waals surface area (Å²) in [7, 11) is 1.65. The molecule has 0 unspecified atom stereocenters. The van der Waals surface area contributed by atoms with Gasteiger partial charge in [0, 0.05) is 6.08 Å². The zero-order valence-corrected chi connectivity index (χ0v) is 17.4. The van der Waals surface area contributed by atoms with Crippen molar-refractivity contribution in [2.24, 2.45) is 5.73 Å². The highest BCUT2D eigenvalue weighted by atomic mass is 16.5. The Morgan fingerprint density at radius 2 is 1.63 bits per heavy atom. The molecule has 4 heteroatoms. The fourth-order valence-corrected chi connectivity index (χ4v) is 3.21. The van der Waals surface area contributed by atoms with Crippen LogP contribution in [0.3, 0.4) is 0 Å². The number of hydrogen-bond donors (Lipinski definition) is 1. The van der Waals surface area contributed by atoms with E-state index >= 15 is 0 Å². The summed E-state index contributed by atoms with van der Waals surface area (Å²) in [5.74, 6) is 1.15. The minimum absolute atomic E-state index is 0.482. The molecule has 3 rings (SSSR count). The van der Waals surface area contributed by atoms with Crippen LogP contribution in [0.25, 0.3) is 28.3 Å². The van der Waals surface area contributed by atoms with Crippen molar-refractivity contribution in [3.8, 4) is 33.8 Å². The third-order valence-electron chi connectivity index (χ3n) is 4.79. The van der Waals surface area contributed by atoms with Crippen LogP contribution in [0.5, 0.6) is 11.5 Å². The molecule has 3 aromatic rings. The van der Waals surface area contributed by atoms with Gasteiger partial charge in [0.25, 0.3) is 0 Å². The van der Waals surface area contributed by atoms with Crippen LogP contribution < -0.4 is 15.2 Å². The highest BCUT2D eigenvalue weighted by molar-refractivity contribution is 5.92. The van der Waals surface area contributed by atoms with E-state index in [1.165, 1.54) is 6.08 Å². The lowest BCUT2D eigenvalue weighted by atomic mass is 9.94. The molecule has 0 saturated carbocycles. The van der Waals surface area contributed by atoms with Crippen LogP contribution in [0.2, 0.25) is 0 Å². The molecule has 2 N–H and O–H groups in total. The lowest BCUT2D eigenvalue weighted by Gasteiger charge is -2.12. The van der Waals surface area contributed by atoms with E-state index in [2.05, 4.69) is 19.1 Å². The Balaban J connectivity index is 2.01. The summed E-state index contributed by atoms with van der Waals surface area (Å²) in [4.78, 5) is 11.4. The summed E-state index contributed by atoms with van der Waals surface area (Å²) in [5.41, 5.74) is 10.3. The molecule has 0 aliphatic carbocycles. The van der Waals surface area contributed by atoms with Crippen LogP contribution in [0.4, 0.5) is 0 Å². The van der Waals surface area contributed by atoms with Crippen molar-refractivity contribution < 1.29 is 14.3 Å². The highest BCUT2D eigenvalue weighted by Gasteiger charge is 2.08. The molecular weight excluding hydrogens is 374 g/mol. The fourth-order valence-electron chi connectivity index (χ4n) is 3.21. The topological polar surface area (TPSA) is 61.6 Å². The Morgan fingerprint density at radius 1 is 0.933 bits per heavy atom. The normalized spacial score (nSPS) is 10.9. The Morgan fingerprint density at radius 3 is 2.37 bits per heavy atom. The smallest absolute Gasteiger partial charge is 0.241 e. The monoisotopic (exact) mass is 401 g/mol. The number of unbranched alkanes of at least 4 members (excludes halogenated alkanes) is 1. The molecule has 4 nitrogen and oxygen atoms in total. The number of carbonyl (C=O) groups excluding carboxylic acids is 1. The second-order valence-electron chi connectivity index (χ2n) is 7.00. The summed E-state index contributed by atoms with van der Waals surface area (Å²) < 4.78 is 11.2. The SMILES string of the molecule is CCCCOc1cccc(-c2ccc(-c3cccc(OC)c3)cc2/C=C/C(N)=O)c1. The van der Waals surface area contributed by atoms with Crippen molar-refractivity contribution in [3.05, 3.63) is 78.4 Å². The molecular formula is C26H27NO3. The van der Waals surface area contributed by atoms with E-state index in [1.54, 1.807) is 13.2 Å². The molecule has 0 heterocycles. The van der Waals surface area contributed by atoms with Crippen LogP contribution in [0.1, 0.15) is 25.3 Å². The first-order valence-corrected chi connectivity index (χ1v) is 10.1. The lowest BCUT2D eigenvalue weighted by molar-refractivity contribution is -0.113. The molecule has 0 saturated heterocycles. The van der Waals surface area contributed by atoms with Gasteiger partial charge in [-0.1, -0.05) is 49.7 Å². The predicted molar refractivity (Wildman–Crippen MR) is 122 cm³/mol.